The number of nitrogens with zero attached hydrogens (tertiary/aromatic N) is 3. The molecule has 4 nitrogen and oxygen atoms in total. The molecular formula is C15H25N3O. The molecular weight excluding hydrogens is 238 g/mol. The molecule has 1 heterocycles. The van der Waals surface area contributed by atoms with Crippen LogP contribution in [0.1, 0.15) is 45.4 Å². The van der Waals surface area contributed by atoms with Gasteiger partial charge in [0.2, 0.25) is 5.91 Å². The predicted octanol–water partition coefficient (Wildman–Crippen LogP) is 2.01. The molecule has 2 fully saturated rings. The maximum absolute atomic E-state index is 12.2. The Kier molecular flexibility index (Phi) is 5.21. The van der Waals surface area contributed by atoms with Crippen molar-refractivity contribution in [2.24, 2.45) is 5.92 Å². The van der Waals surface area contributed by atoms with Crippen molar-refractivity contribution in [2.75, 3.05) is 26.2 Å². The number of carbonyl (C=O) groups excluding carboxylic acids is 1. The summed E-state index contributed by atoms with van der Waals surface area (Å²) in [5, 5.41) is 9.07. The first-order valence-corrected chi connectivity index (χ1v) is 7.68. The van der Waals surface area contributed by atoms with E-state index in [1.54, 1.807) is 0 Å². The van der Waals surface area contributed by atoms with E-state index in [2.05, 4.69) is 11.0 Å². The maximum Gasteiger partial charge on any atom is 0.240 e. The summed E-state index contributed by atoms with van der Waals surface area (Å²) in [7, 11) is 0. The first kappa shape index (κ1) is 14.3. The highest BCUT2D eigenvalue weighted by atomic mass is 16.2. The number of carbonyl (C=O) groups is 1. The van der Waals surface area contributed by atoms with Crippen molar-refractivity contribution < 1.29 is 4.79 Å². The third kappa shape index (κ3) is 3.48. The van der Waals surface area contributed by atoms with Gasteiger partial charge in [-0.3, -0.25) is 9.69 Å². The van der Waals surface area contributed by atoms with E-state index in [9.17, 15) is 4.79 Å². The van der Waals surface area contributed by atoms with E-state index in [1.807, 2.05) is 11.8 Å². The normalized spacial score (nSPS) is 23.3. The van der Waals surface area contributed by atoms with Crippen LogP contribution in [0, 0.1) is 17.2 Å². The molecule has 0 N–H and O–H groups in total. The Labute approximate surface area is 116 Å². The molecule has 1 saturated carbocycles. The average molecular weight is 263 g/mol. The number of amides is 1. The standard InChI is InChI=1S/C15H25N3O/c1-2-5-13(12-16)15(19)18-10-8-17(9-11-18)14-6-3-4-7-14/h13-14H,2-11H2,1H3. The number of nitriles is 1. The van der Waals surface area contributed by atoms with Gasteiger partial charge in [-0.1, -0.05) is 26.2 Å². The van der Waals surface area contributed by atoms with Crippen LogP contribution >= 0.6 is 0 Å². The van der Waals surface area contributed by atoms with Gasteiger partial charge >= 0.3 is 0 Å². The first-order chi connectivity index (χ1) is 9.26. The van der Waals surface area contributed by atoms with Gasteiger partial charge in [-0.2, -0.15) is 5.26 Å². The van der Waals surface area contributed by atoms with Crippen molar-refractivity contribution in [3.05, 3.63) is 0 Å². The lowest BCUT2D eigenvalue weighted by molar-refractivity contribution is -0.136. The Bertz CT molecular complexity index is 336. The van der Waals surface area contributed by atoms with Crippen molar-refractivity contribution in [3.63, 3.8) is 0 Å². The van der Waals surface area contributed by atoms with Crippen LogP contribution < -0.4 is 0 Å². The minimum absolute atomic E-state index is 0.0513. The minimum atomic E-state index is -0.428. The Hall–Kier alpha value is -1.08. The largest absolute Gasteiger partial charge is 0.339 e. The van der Waals surface area contributed by atoms with Crippen LogP contribution in [0.15, 0.2) is 0 Å². The van der Waals surface area contributed by atoms with Gasteiger partial charge in [0.1, 0.15) is 5.92 Å². The smallest absolute Gasteiger partial charge is 0.240 e. The number of hydrogen-bond donors (Lipinski definition) is 0. The van der Waals surface area contributed by atoms with Crippen LogP contribution in [0.4, 0.5) is 0 Å². The molecule has 2 aliphatic rings. The summed E-state index contributed by atoms with van der Waals surface area (Å²) >= 11 is 0. The molecule has 0 bridgehead atoms. The summed E-state index contributed by atoms with van der Waals surface area (Å²) < 4.78 is 0. The van der Waals surface area contributed by atoms with E-state index in [4.69, 9.17) is 5.26 Å². The van der Waals surface area contributed by atoms with Crippen LogP contribution in [0.5, 0.6) is 0 Å². The molecule has 0 radical (unpaired) electrons. The zero-order valence-corrected chi connectivity index (χ0v) is 12.0. The van der Waals surface area contributed by atoms with E-state index >= 15 is 0 Å². The molecule has 0 aromatic rings. The first-order valence-electron chi connectivity index (χ1n) is 7.68. The molecule has 1 aliphatic carbocycles. The number of hydrogen-bond acceptors (Lipinski definition) is 3. The Balaban J connectivity index is 1.82. The lowest BCUT2D eigenvalue weighted by atomic mass is 10.0. The fourth-order valence-corrected chi connectivity index (χ4v) is 3.33. The molecule has 1 saturated heterocycles. The summed E-state index contributed by atoms with van der Waals surface area (Å²) in [5.41, 5.74) is 0. The van der Waals surface area contributed by atoms with E-state index in [0.29, 0.717) is 6.42 Å². The Morgan fingerprint density at radius 2 is 1.89 bits per heavy atom. The van der Waals surface area contributed by atoms with Gasteiger partial charge in [-0.25, -0.2) is 0 Å². The van der Waals surface area contributed by atoms with Crippen molar-refractivity contribution in [3.8, 4) is 6.07 Å². The van der Waals surface area contributed by atoms with Gasteiger partial charge in [0.25, 0.3) is 0 Å². The van der Waals surface area contributed by atoms with Crippen LogP contribution in [0.3, 0.4) is 0 Å². The van der Waals surface area contributed by atoms with Crippen LogP contribution in [-0.4, -0.2) is 47.9 Å². The van der Waals surface area contributed by atoms with Gasteiger partial charge in [0.05, 0.1) is 6.07 Å². The molecule has 1 unspecified atom stereocenters. The van der Waals surface area contributed by atoms with E-state index in [1.165, 1.54) is 25.7 Å². The number of piperazine rings is 1. The second kappa shape index (κ2) is 6.91. The third-order valence-corrected chi connectivity index (χ3v) is 4.50. The van der Waals surface area contributed by atoms with Crippen molar-refractivity contribution in [1.82, 2.24) is 9.80 Å². The van der Waals surface area contributed by atoms with Crippen molar-refractivity contribution in [1.29, 1.82) is 5.26 Å². The molecule has 19 heavy (non-hydrogen) atoms. The van der Waals surface area contributed by atoms with Crippen LogP contribution in [-0.2, 0) is 4.79 Å². The zero-order valence-electron chi connectivity index (χ0n) is 12.0. The highest BCUT2D eigenvalue weighted by Crippen LogP contribution is 2.24. The van der Waals surface area contributed by atoms with Crippen LogP contribution in [0.2, 0.25) is 0 Å². The molecule has 106 valence electrons. The van der Waals surface area contributed by atoms with Crippen molar-refractivity contribution >= 4 is 5.91 Å². The predicted molar refractivity (Wildman–Crippen MR) is 74.4 cm³/mol. The van der Waals surface area contributed by atoms with E-state index in [-0.39, 0.29) is 5.91 Å². The Morgan fingerprint density at radius 1 is 1.26 bits per heavy atom. The average Bonchev–Trinajstić information content (AvgIpc) is 2.98. The second-order valence-electron chi connectivity index (χ2n) is 5.77. The second-order valence-corrected chi connectivity index (χ2v) is 5.77. The third-order valence-electron chi connectivity index (χ3n) is 4.50. The quantitative estimate of drug-likeness (QED) is 0.779. The minimum Gasteiger partial charge on any atom is -0.339 e. The lowest BCUT2D eigenvalue weighted by Gasteiger charge is -2.38. The summed E-state index contributed by atoms with van der Waals surface area (Å²) in [4.78, 5) is 16.7. The summed E-state index contributed by atoms with van der Waals surface area (Å²) in [5.74, 6) is -0.376. The topological polar surface area (TPSA) is 47.3 Å². The van der Waals surface area contributed by atoms with Crippen LogP contribution in [0.25, 0.3) is 0 Å². The lowest BCUT2D eigenvalue weighted by Crippen LogP contribution is -2.52. The number of rotatable bonds is 4. The fraction of sp³-hybridized carbons (Fsp3) is 0.867. The maximum atomic E-state index is 12.2. The van der Waals surface area contributed by atoms with Gasteiger partial charge in [0, 0.05) is 32.2 Å². The molecule has 1 atom stereocenters. The molecule has 0 spiro atoms. The monoisotopic (exact) mass is 263 g/mol. The molecule has 0 aromatic heterocycles. The Morgan fingerprint density at radius 3 is 2.42 bits per heavy atom. The van der Waals surface area contributed by atoms with Gasteiger partial charge in [-0.15, -0.1) is 0 Å². The van der Waals surface area contributed by atoms with Crippen molar-refractivity contribution in [2.45, 2.75) is 51.5 Å². The zero-order chi connectivity index (χ0) is 13.7. The highest BCUT2D eigenvalue weighted by molar-refractivity contribution is 5.81. The SMILES string of the molecule is CCCC(C#N)C(=O)N1CCN(C2CCCC2)CC1. The van der Waals surface area contributed by atoms with Gasteiger partial charge < -0.3 is 4.90 Å². The molecule has 2 rings (SSSR count). The molecule has 1 amide bonds. The molecule has 4 heteroatoms. The molecule has 0 aromatic carbocycles. The molecule has 1 aliphatic heterocycles. The van der Waals surface area contributed by atoms with Gasteiger partial charge in [-0.05, 0) is 19.3 Å². The highest BCUT2D eigenvalue weighted by Gasteiger charge is 2.30. The summed E-state index contributed by atoms with van der Waals surface area (Å²) in [6.07, 6.45) is 6.95. The summed E-state index contributed by atoms with van der Waals surface area (Å²) in [6, 6.07) is 2.91. The van der Waals surface area contributed by atoms with E-state index in [0.717, 1.165) is 38.6 Å². The van der Waals surface area contributed by atoms with E-state index < -0.39 is 5.92 Å². The fourth-order valence-electron chi connectivity index (χ4n) is 3.33. The summed E-state index contributed by atoms with van der Waals surface area (Å²) in [6.45, 7) is 5.60. The van der Waals surface area contributed by atoms with Gasteiger partial charge in [0.15, 0.2) is 0 Å².